The van der Waals surface area contributed by atoms with Crippen molar-refractivity contribution in [3.8, 4) is 0 Å². The predicted molar refractivity (Wildman–Crippen MR) is 83.9 cm³/mol. The number of hydrogen-bond donors (Lipinski definition) is 2. The van der Waals surface area contributed by atoms with Gasteiger partial charge in [0, 0.05) is 17.3 Å². The average molecular weight is 323 g/mol. The zero-order valence-electron chi connectivity index (χ0n) is 12.4. The van der Waals surface area contributed by atoms with Crippen molar-refractivity contribution >= 4 is 29.0 Å². The maximum Gasteiger partial charge on any atom is 0.270 e. The van der Waals surface area contributed by atoms with E-state index >= 15 is 0 Å². The smallest absolute Gasteiger partial charge is 0.270 e. The summed E-state index contributed by atoms with van der Waals surface area (Å²) in [5, 5.41) is 5.77. The Kier molecular flexibility index (Phi) is 4.61. The molecule has 0 saturated heterocycles. The van der Waals surface area contributed by atoms with Crippen LogP contribution in [-0.2, 0) is 0 Å². The normalized spacial score (nSPS) is 11.1. The van der Waals surface area contributed by atoms with Gasteiger partial charge < -0.3 is 10.6 Å². The maximum atomic E-state index is 13.1. The molecular formula is C15H16ClFN4O. The van der Waals surface area contributed by atoms with Gasteiger partial charge in [-0.15, -0.1) is 0 Å². The minimum atomic E-state index is -0.500. The van der Waals surface area contributed by atoms with E-state index in [0.29, 0.717) is 11.5 Å². The number of aromatic nitrogens is 2. The molecule has 2 N–H and O–H groups in total. The number of carbonyl (C=O) groups is 1. The third kappa shape index (κ3) is 4.39. The van der Waals surface area contributed by atoms with Crippen LogP contribution in [0, 0.1) is 5.82 Å². The minimum absolute atomic E-state index is 0.00440. The number of amides is 1. The Balaban J connectivity index is 2.17. The second-order valence-electron chi connectivity index (χ2n) is 5.75. The highest BCUT2D eigenvalue weighted by atomic mass is 35.5. The van der Waals surface area contributed by atoms with Crippen molar-refractivity contribution in [2.75, 3.05) is 5.32 Å². The molecule has 0 unspecified atom stereocenters. The number of nitrogens with one attached hydrogen (secondary N) is 2. The fraction of sp³-hybridized carbons (Fsp3) is 0.267. The molecule has 0 atom stereocenters. The summed E-state index contributed by atoms with van der Waals surface area (Å²) in [5.41, 5.74) is 0.438. The van der Waals surface area contributed by atoms with Gasteiger partial charge in [0.1, 0.15) is 23.7 Å². The van der Waals surface area contributed by atoms with Crippen LogP contribution in [0.25, 0.3) is 0 Å². The standard InChI is InChI=1S/C15H16ClFN4O/c1-15(2,3)21-14(22)12-7-13(19-8-18-12)20-9-4-5-11(17)10(16)6-9/h4-8H,1-3H3,(H,21,22)(H,18,19,20). The van der Waals surface area contributed by atoms with Gasteiger partial charge in [0.15, 0.2) is 0 Å². The van der Waals surface area contributed by atoms with Gasteiger partial charge >= 0.3 is 0 Å². The van der Waals surface area contributed by atoms with Crippen LogP contribution < -0.4 is 10.6 Å². The van der Waals surface area contributed by atoms with E-state index in [2.05, 4.69) is 20.6 Å². The van der Waals surface area contributed by atoms with Crippen LogP contribution in [0.2, 0.25) is 5.02 Å². The van der Waals surface area contributed by atoms with E-state index in [1.54, 1.807) is 0 Å². The van der Waals surface area contributed by atoms with Crippen LogP contribution in [0.5, 0.6) is 0 Å². The van der Waals surface area contributed by atoms with Gasteiger partial charge in [0.25, 0.3) is 5.91 Å². The summed E-state index contributed by atoms with van der Waals surface area (Å²) in [6.45, 7) is 5.64. The maximum absolute atomic E-state index is 13.1. The minimum Gasteiger partial charge on any atom is -0.346 e. The molecule has 0 aliphatic heterocycles. The molecule has 1 aromatic heterocycles. The monoisotopic (exact) mass is 322 g/mol. The first-order valence-corrected chi connectivity index (χ1v) is 6.99. The van der Waals surface area contributed by atoms with Gasteiger partial charge in [-0.3, -0.25) is 4.79 Å². The first kappa shape index (κ1) is 16.2. The molecule has 2 aromatic rings. The van der Waals surface area contributed by atoms with E-state index in [4.69, 9.17) is 11.6 Å². The van der Waals surface area contributed by atoms with Gasteiger partial charge in [-0.05, 0) is 39.0 Å². The summed E-state index contributed by atoms with van der Waals surface area (Å²) < 4.78 is 13.1. The number of benzene rings is 1. The van der Waals surface area contributed by atoms with Gasteiger partial charge in [-0.25, -0.2) is 14.4 Å². The second-order valence-corrected chi connectivity index (χ2v) is 6.15. The second kappa shape index (κ2) is 6.27. The largest absolute Gasteiger partial charge is 0.346 e. The molecule has 0 spiro atoms. The van der Waals surface area contributed by atoms with E-state index < -0.39 is 5.82 Å². The Hall–Kier alpha value is -2.21. The van der Waals surface area contributed by atoms with Crippen molar-refractivity contribution in [1.82, 2.24) is 15.3 Å². The highest BCUT2D eigenvalue weighted by molar-refractivity contribution is 6.31. The fourth-order valence-corrected chi connectivity index (χ4v) is 1.86. The third-order valence-corrected chi connectivity index (χ3v) is 2.87. The summed E-state index contributed by atoms with van der Waals surface area (Å²) in [6.07, 6.45) is 1.28. The van der Waals surface area contributed by atoms with Crippen molar-refractivity contribution in [3.63, 3.8) is 0 Å². The highest BCUT2D eigenvalue weighted by Crippen LogP contribution is 2.22. The summed E-state index contributed by atoms with van der Waals surface area (Å²) in [4.78, 5) is 20.0. The van der Waals surface area contributed by atoms with Gasteiger partial charge in [-0.2, -0.15) is 0 Å². The Morgan fingerprint density at radius 3 is 2.59 bits per heavy atom. The lowest BCUT2D eigenvalue weighted by atomic mass is 10.1. The number of nitrogens with zero attached hydrogens (tertiary/aromatic N) is 2. The molecule has 2 rings (SSSR count). The number of rotatable bonds is 3. The summed E-state index contributed by atoms with van der Waals surface area (Å²) >= 11 is 5.72. The lowest BCUT2D eigenvalue weighted by Crippen LogP contribution is -2.40. The molecule has 0 fully saturated rings. The Morgan fingerprint density at radius 2 is 1.95 bits per heavy atom. The molecule has 1 amide bonds. The molecule has 0 saturated carbocycles. The SMILES string of the molecule is CC(C)(C)NC(=O)c1cc(Nc2ccc(F)c(Cl)c2)ncn1. The number of hydrogen-bond acceptors (Lipinski definition) is 4. The highest BCUT2D eigenvalue weighted by Gasteiger charge is 2.16. The fourth-order valence-electron chi connectivity index (χ4n) is 1.68. The molecule has 7 heteroatoms. The first-order valence-electron chi connectivity index (χ1n) is 6.61. The molecule has 0 aliphatic carbocycles. The van der Waals surface area contributed by atoms with Crippen LogP contribution in [-0.4, -0.2) is 21.4 Å². The van der Waals surface area contributed by atoms with Crippen LogP contribution >= 0.6 is 11.6 Å². The molecule has 22 heavy (non-hydrogen) atoms. The molecule has 116 valence electrons. The molecular weight excluding hydrogens is 307 g/mol. The van der Waals surface area contributed by atoms with Crippen LogP contribution in [0.1, 0.15) is 31.3 Å². The Morgan fingerprint density at radius 1 is 1.23 bits per heavy atom. The average Bonchev–Trinajstić information content (AvgIpc) is 2.41. The van der Waals surface area contributed by atoms with Crippen molar-refractivity contribution in [3.05, 3.63) is 47.1 Å². The summed E-state index contributed by atoms with van der Waals surface area (Å²) in [6, 6.07) is 5.73. The third-order valence-electron chi connectivity index (χ3n) is 2.58. The molecule has 5 nitrogen and oxygen atoms in total. The Bertz CT molecular complexity index is 700. The number of carbonyl (C=O) groups excluding carboxylic acids is 1. The van der Waals surface area contributed by atoms with E-state index in [1.165, 1.54) is 30.6 Å². The Labute approximate surface area is 132 Å². The molecule has 0 radical (unpaired) electrons. The first-order chi connectivity index (χ1) is 10.2. The zero-order chi connectivity index (χ0) is 16.3. The topological polar surface area (TPSA) is 66.9 Å². The van der Waals surface area contributed by atoms with Gasteiger partial charge in [0.05, 0.1) is 5.02 Å². The summed E-state index contributed by atoms with van der Waals surface area (Å²) in [7, 11) is 0. The lowest BCUT2D eigenvalue weighted by molar-refractivity contribution is 0.0914. The summed E-state index contributed by atoms with van der Waals surface area (Å²) in [5.74, 6) is -0.382. The van der Waals surface area contributed by atoms with E-state index in [0.717, 1.165) is 0 Å². The van der Waals surface area contributed by atoms with Crippen molar-refractivity contribution in [2.45, 2.75) is 26.3 Å². The van der Waals surface area contributed by atoms with E-state index in [9.17, 15) is 9.18 Å². The molecule has 1 heterocycles. The van der Waals surface area contributed by atoms with Crippen molar-refractivity contribution in [1.29, 1.82) is 0 Å². The van der Waals surface area contributed by atoms with Crippen LogP contribution in [0.3, 0.4) is 0 Å². The predicted octanol–water partition coefficient (Wildman–Crippen LogP) is 3.54. The number of anilines is 2. The zero-order valence-corrected chi connectivity index (χ0v) is 13.2. The molecule has 0 bridgehead atoms. The molecule has 0 aliphatic rings. The lowest BCUT2D eigenvalue weighted by Gasteiger charge is -2.20. The van der Waals surface area contributed by atoms with Crippen LogP contribution in [0.15, 0.2) is 30.6 Å². The van der Waals surface area contributed by atoms with Crippen molar-refractivity contribution in [2.24, 2.45) is 0 Å². The van der Waals surface area contributed by atoms with E-state index in [-0.39, 0.29) is 22.2 Å². The number of halogens is 2. The van der Waals surface area contributed by atoms with Gasteiger partial charge in [-0.1, -0.05) is 11.6 Å². The van der Waals surface area contributed by atoms with Crippen LogP contribution in [0.4, 0.5) is 15.9 Å². The van der Waals surface area contributed by atoms with E-state index in [1.807, 2.05) is 20.8 Å². The van der Waals surface area contributed by atoms with Crippen molar-refractivity contribution < 1.29 is 9.18 Å². The quantitative estimate of drug-likeness (QED) is 0.907. The molecule has 1 aromatic carbocycles. The van der Waals surface area contributed by atoms with Gasteiger partial charge in [0.2, 0.25) is 0 Å².